The van der Waals surface area contributed by atoms with Crippen molar-refractivity contribution in [3.05, 3.63) is 110 Å². The Morgan fingerprint density at radius 3 is 2.30 bits per heavy atom. The molecule has 0 spiro atoms. The molecule has 2 aliphatic rings. The molecule has 33 heavy (non-hydrogen) atoms. The van der Waals surface area contributed by atoms with Gasteiger partial charge in [-0.3, -0.25) is 20.2 Å². The normalized spacial score (nSPS) is 23.0. The lowest BCUT2D eigenvalue weighted by Gasteiger charge is -2.46. The van der Waals surface area contributed by atoms with E-state index in [4.69, 9.17) is 0 Å². The van der Waals surface area contributed by atoms with Crippen LogP contribution in [0.2, 0.25) is 0 Å². The third kappa shape index (κ3) is 3.57. The molecule has 3 aromatic carbocycles. The number of hydrogen-bond donors (Lipinski definition) is 1. The zero-order chi connectivity index (χ0) is 23.2. The fraction of sp³-hybridized carbons (Fsp3) is 0.280. The number of nitro groups is 2. The van der Waals surface area contributed by atoms with Crippen LogP contribution in [0, 0.1) is 25.6 Å². The Morgan fingerprint density at radius 2 is 1.67 bits per heavy atom. The van der Waals surface area contributed by atoms with E-state index >= 15 is 0 Å². The second-order valence-corrected chi connectivity index (χ2v) is 9.15. The molecule has 168 valence electrons. The molecule has 3 unspecified atom stereocenters. The highest BCUT2D eigenvalue weighted by Gasteiger charge is 2.55. The van der Waals surface area contributed by atoms with Gasteiger partial charge in [0.1, 0.15) is 5.69 Å². The Bertz CT molecular complexity index is 1220. The van der Waals surface area contributed by atoms with Gasteiger partial charge in [-0.25, -0.2) is 0 Å². The van der Waals surface area contributed by atoms with E-state index in [-0.39, 0.29) is 34.0 Å². The predicted octanol–water partition coefficient (Wildman–Crippen LogP) is 5.15. The van der Waals surface area contributed by atoms with Crippen molar-refractivity contribution in [2.24, 2.45) is 5.41 Å². The van der Waals surface area contributed by atoms with Crippen LogP contribution in [-0.2, 0) is 6.54 Å². The van der Waals surface area contributed by atoms with E-state index in [2.05, 4.69) is 10.2 Å². The van der Waals surface area contributed by atoms with E-state index in [1.807, 2.05) is 67.6 Å². The van der Waals surface area contributed by atoms with Crippen LogP contribution in [0.15, 0.2) is 72.8 Å². The monoisotopic (exact) mass is 444 g/mol. The van der Waals surface area contributed by atoms with Crippen molar-refractivity contribution >= 4 is 17.1 Å². The van der Waals surface area contributed by atoms with Crippen LogP contribution in [-0.4, -0.2) is 22.9 Å². The van der Waals surface area contributed by atoms with Gasteiger partial charge in [0.2, 0.25) is 6.54 Å². The predicted molar refractivity (Wildman–Crippen MR) is 126 cm³/mol. The van der Waals surface area contributed by atoms with Gasteiger partial charge in [-0.2, -0.15) is 0 Å². The summed E-state index contributed by atoms with van der Waals surface area (Å²) in [5, 5.41) is 27.1. The summed E-state index contributed by atoms with van der Waals surface area (Å²) < 4.78 is 0. The molecule has 8 heteroatoms. The van der Waals surface area contributed by atoms with Gasteiger partial charge in [0.25, 0.3) is 5.69 Å². The first-order valence-corrected chi connectivity index (χ1v) is 10.9. The van der Waals surface area contributed by atoms with Crippen molar-refractivity contribution in [1.29, 1.82) is 0 Å². The summed E-state index contributed by atoms with van der Waals surface area (Å²) in [4.78, 5) is 25.2. The van der Waals surface area contributed by atoms with Crippen LogP contribution in [0.5, 0.6) is 0 Å². The number of hydrogen-bond acceptors (Lipinski definition) is 6. The van der Waals surface area contributed by atoms with Crippen LogP contribution in [0.4, 0.5) is 17.1 Å². The highest BCUT2D eigenvalue weighted by atomic mass is 16.6. The smallest absolute Gasteiger partial charge is 0.292 e. The molecule has 0 amide bonds. The van der Waals surface area contributed by atoms with Crippen LogP contribution < -0.4 is 10.2 Å². The Balaban J connectivity index is 1.70. The summed E-state index contributed by atoms with van der Waals surface area (Å²) in [5.41, 5.74) is 3.49. The maximum atomic E-state index is 11.9. The number of anilines is 2. The summed E-state index contributed by atoms with van der Waals surface area (Å²) in [7, 11) is 0. The first-order valence-electron chi connectivity index (χ1n) is 10.9. The quantitative estimate of drug-likeness (QED) is 0.417. The molecule has 0 aliphatic carbocycles. The van der Waals surface area contributed by atoms with Gasteiger partial charge < -0.3 is 10.2 Å². The van der Waals surface area contributed by atoms with E-state index in [0.717, 1.165) is 22.4 Å². The zero-order valence-electron chi connectivity index (χ0n) is 18.2. The average Bonchev–Trinajstić information content (AvgIpc) is 3.20. The third-order valence-corrected chi connectivity index (χ3v) is 6.85. The minimum Gasteiger partial charge on any atom is -0.372 e. The molecule has 0 fully saturated rings. The lowest BCUT2D eigenvalue weighted by Crippen LogP contribution is -2.48. The van der Waals surface area contributed by atoms with Crippen LogP contribution in [0.3, 0.4) is 0 Å². The zero-order valence-corrected chi connectivity index (χ0v) is 18.2. The topological polar surface area (TPSA) is 102 Å². The second-order valence-electron chi connectivity index (χ2n) is 9.15. The van der Waals surface area contributed by atoms with Gasteiger partial charge in [0.05, 0.1) is 16.4 Å². The maximum Gasteiger partial charge on any atom is 0.292 e. The van der Waals surface area contributed by atoms with E-state index in [9.17, 15) is 20.2 Å². The Kier molecular flexibility index (Phi) is 5.00. The molecule has 0 radical (unpaired) electrons. The van der Waals surface area contributed by atoms with Crippen molar-refractivity contribution in [2.75, 3.05) is 23.3 Å². The molecule has 0 bridgehead atoms. The van der Waals surface area contributed by atoms with E-state index in [1.54, 1.807) is 12.1 Å². The molecule has 3 aromatic rings. The minimum atomic E-state index is -0.737. The summed E-state index contributed by atoms with van der Waals surface area (Å²) in [5.74, 6) is -0.276. The Morgan fingerprint density at radius 1 is 1.00 bits per heavy atom. The first-order chi connectivity index (χ1) is 15.9. The summed E-state index contributed by atoms with van der Waals surface area (Å²) >= 11 is 0. The molecule has 2 aliphatic heterocycles. The van der Waals surface area contributed by atoms with Gasteiger partial charge >= 0.3 is 0 Å². The summed E-state index contributed by atoms with van der Waals surface area (Å²) in [6.07, 6.45) is 0. The standard InChI is InChI=1S/C25H24N4O4/c1-25(16-28(30)31)15-27(14-17-8-4-2-5-9-17)19-12-13-20(29(32)33)24-21(19)22(25)23(26-24)18-10-6-3-7-11-18/h2-13,22-23,26H,14-16H2,1H3. The Hall–Kier alpha value is -3.94. The van der Waals surface area contributed by atoms with Gasteiger partial charge in [0, 0.05) is 41.2 Å². The molecule has 1 N–H and O–H groups in total. The van der Waals surface area contributed by atoms with E-state index in [1.165, 1.54) is 0 Å². The van der Waals surface area contributed by atoms with Gasteiger partial charge in [-0.05, 0) is 17.2 Å². The van der Waals surface area contributed by atoms with Crippen molar-refractivity contribution in [3.8, 4) is 0 Å². The van der Waals surface area contributed by atoms with Crippen LogP contribution >= 0.6 is 0 Å². The molecular weight excluding hydrogens is 420 g/mol. The maximum absolute atomic E-state index is 11.9. The van der Waals surface area contributed by atoms with Crippen molar-refractivity contribution in [1.82, 2.24) is 0 Å². The molecule has 0 saturated heterocycles. The largest absolute Gasteiger partial charge is 0.372 e. The molecule has 2 heterocycles. The van der Waals surface area contributed by atoms with Crippen molar-refractivity contribution in [3.63, 3.8) is 0 Å². The highest BCUT2D eigenvalue weighted by Crippen LogP contribution is 2.61. The number of nitrogens with one attached hydrogen (secondary N) is 1. The lowest BCUT2D eigenvalue weighted by atomic mass is 9.66. The molecule has 8 nitrogen and oxygen atoms in total. The first kappa shape index (κ1) is 20.9. The second kappa shape index (κ2) is 7.88. The van der Waals surface area contributed by atoms with E-state index in [0.29, 0.717) is 18.8 Å². The van der Waals surface area contributed by atoms with Crippen molar-refractivity contribution < 1.29 is 9.85 Å². The molecule has 3 atom stereocenters. The SMILES string of the molecule is CC1(C[N+](=O)[O-])CN(Cc2ccccc2)c2ccc([N+](=O)[O-])c3c2C1C(c1ccccc1)N3. The minimum absolute atomic E-state index is 0.00203. The van der Waals surface area contributed by atoms with Crippen LogP contribution in [0.1, 0.15) is 35.6 Å². The van der Waals surface area contributed by atoms with Gasteiger partial charge in [-0.1, -0.05) is 67.6 Å². The molecule has 0 saturated carbocycles. The summed E-state index contributed by atoms with van der Waals surface area (Å²) in [6.45, 7) is 2.76. The number of rotatable bonds is 6. The highest BCUT2D eigenvalue weighted by molar-refractivity contribution is 5.82. The molecule has 0 aromatic heterocycles. The van der Waals surface area contributed by atoms with E-state index < -0.39 is 5.41 Å². The van der Waals surface area contributed by atoms with Gasteiger partial charge in [-0.15, -0.1) is 0 Å². The van der Waals surface area contributed by atoms with Crippen molar-refractivity contribution in [2.45, 2.75) is 25.4 Å². The fourth-order valence-electron chi connectivity index (χ4n) is 5.59. The number of nitro benzene ring substituents is 1. The van der Waals surface area contributed by atoms with Gasteiger partial charge in [0.15, 0.2) is 0 Å². The Labute approximate surface area is 191 Å². The molecular formula is C25H24N4O4. The average molecular weight is 444 g/mol. The van der Waals surface area contributed by atoms with Crippen LogP contribution in [0.25, 0.3) is 0 Å². The summed E-state index contributed by atoms with van der Waals surface area (Å²) in [6, 6.07) is 22.7. The molecule has 5 rings (SSSR count). The number of benzene rings is 3. The third-order valence-electron chi connectivity index (χ3n) is 6.85. The number of nitrogens with zero attached hydrogens (tertiary/aromatic N) is 3. The fourth-order valence-corrected chi connectivity index (χ4v) is 5.59. The lowest BCUT2D eigenvalue weighted by molar-refractivity contribution is -0.497.